The molecule has 29 heavy (non-hydrogen) atoms. The van der Waals surface area contributed by atoms with Crippen LogP contribution < -0.4 is 11.1 Å². The Morgan fingerprint density at radius 2 is 1.79 bits per heavy atom. The molecule has 2 aromatic heterocycles. The number of nitrogen functional groups attached to an aromatic ring is 1. The predicted molar refractivity (Wildman–Crippen MR) is 118 cm³/mol. The molecule has 0 fully saturated rings. The van der Waals surface area contributed by atoms with Crippen molar-refractivity contribution in [1.82, 2.24) is 15.0 Å². The molecule has 7 heteroatoms. The highest BCUT2D eigenvalue weighted by molar-refractivity contribution is 6.35. The van der Waals surface area contributed by atoms with Crippen molar-refractivity contribution < 1.29 is 4.74 Å². The number of nitrogens with two attached hydrogens (primary N) is 1. The average Bonchev–Trinajstić information content (AvgIpc) is 2.75. The van der Waals surface area contributed by atoms with Crippen LogP contribution in [0.3, 0.4) is 0 Å². The molecule has 2 aromatic carbocycles. The number of ether oxygens (including phenoxy) is 1. The highest BCUT2D eigenvalue weighted by Crippen LogP contribution is 2.35. The summed E-state index contributed by atoms with van der Waals surface area (Å²) in [4.78, 5) is 13.8. The summed E-state index contributed by atoms with van der Waals surface area (Å²) in [7, 11) is 0. The summed E-state index contributed by atoms with van der Waals surface area (Å²) in [5.74, 6) is 0.774. The van der Waals surface area contributed by atoms with Crippen LogP contribution >= 0.6 is 11.6 Å². The maximum atomic E-state index is 6.51. The van der Waals surface area contributed by atoms with Crippen LogP contribution in [-0.2, 0) is 4.74 Å². The number of nitrogens with zero attached hydrogens (tertiary/aromatic N) is 3. The molecule has 4 rings (SSSR count). The molecule has 0 aliphatic heterocycles. The van der Waals surface area contributed by atoms with E-state index in [2.05, 4.69) is 15.3 Å². The zero-order valence-electron chi connectivity index (χ0n) is 15.9. The van der Waals surface area contributed by atoms with E-state index in [0.717, 1.165) is 22.0 Å². The first-order chi connectivity index (χ1) is 14.2. The molecule has 6 nitrogen and oxygen atoms in total. The molecule has 0 unspecified atom stereocenters. The molecule has 0 aliphatic rings. The number of hydrogen-bond acceptors (Lipinski definition) is 6. The van der Waals surface area contributed by atoms with Crippen molar-refractivity contribution in [2.75, 3.05) is 24.4 Å². The lowest BCUT2D eigenvalue weighted by Gasteiger charge is -2.15. The SMILES string of the molecule is CCOCNc1nc(-c2cc(Cl)c3ncccc3c2)c(-c2ccccc2)nc1N. The van der Waals surface area contributed by atoms with Crippen LogP contribution in [0.4, 0.5) is 11.6 Å². The number of halogens is 1. The van der Waals surface area contributed by atoms with Gasteiger partial charge in [0, 0.05) is 29.3 Å². The zero-order chi connectivity index (χ0) is 20.2. The minimum absolute atomic E-state index is 0.294. The standard InChI is InChI=1S/C22H20ClN5O/c1-2-29-13-26-22-21(24)27-19(14-7-4-3-5-8-14)20(28-22)16-11-15-9-6-10-25-18(15)17(23)12-16/h3-12H,2,13H2,1H3,(H2,24,27)(H,26,28). The predicted octanol–water partition coefficient (Wildman–Crippen LogP) is 5.00. The van der Waals surface area contributed by atoms with E-state index < -0.39 is 0 Å². The summed E-state index contributed by atoms with van der Waals surface area (Å²) >= 11 is 6.51. The molecule has 0 amide bonds. The number of rotatable bonds is 6. The number of aromatic nitrogens is 3. The van der Waals surface area contributed by atoms with Gasteiger partial charge in [0.05, 0.1) is 21.9 Å². The van der Waals surface area contributed by atoms with Crippen molar-refractivity contribution in [1.29, 1.82) is 0 Å². The van der Waals surface area contributed by atoms with Gasteiger partial charge < -0.3 is 15.8 Å². The van der Waals surface area contributed by atoms with Gasteiger partial charge in [0.25, 0.3) is 0 Å². The summed E-state index contributed by atoms with van der Waals surface area (Å²) in [5, 5.41) is 4.57. The summed E-state index contributed by atoms with van der Waals surface area (Å²) < 4.78 is 5.37. The molecule has 0 radical (unpaired) electrons. The second kappa shape index (κ2) is 8.43. The van der Waals surface area contributed by atoms with Gasteiger partial charge in [-0.05, 0) is 25.1 Å². The molecular weight excluding hydrogens is 386 g/mol. The van der Waals surface area contributed by atoms with E-state index in [1.54, 1.807) is 6.20 Å². The lowest BCUT2D eigenvalue weighted by molar-refractivity contribution is 0.166. The van der Waals surface area contributed by atoms with E-state index in [1.807, 2.05) is 61.5 Å². The van der Waals surface area contributed by atoms with Gasteiger partial charge in [-0.1, -0.05) is 48.0 Å². The molecule has 146 valence electrons. The first-order valence-electron chi connectivity index (χ1n) is 9.26. The quantitative estimate of drug-likeness (QED) is 0.347. The third-order valence-corrected chi connectivity index (χ3v) is 4.74. The Morgan fingerprint density at radius 3 is 2.59 bits per heavy atom. The van der Waals surface area contributed by atoms with Crippen LogP contribution in [0.15, 0.2) is 60.8 Å². The molecule has 0 bridgehead atoms. The third-order valence-electron chi connectivity index (χ3n) is 4.45. The Labute approximate surface area is 173 Å². The van der Waals surface area contributed by atoms with Gasteiger partial charge in [-0.15, -0.1) is 0 Å². The Morgan fingerprint density at radius 1 is 1.00 bits per heavy atom. The fourth-order valence-electron chi connectivity index (χ4n) is 3.08. The Kier molecular flexibility index (Phi) is 5.55. The fraction of sp³-hybridized carbons (Fsp3) is 0.136. The molecule has 0 spiro atoms. The molecule has 2 heterocycles. The molecule has 0 saturated carbocycles. The first-order valence-corrected chi connectivity index (χ1v) is 9.64. The number of nitrogens with one attached hydrogen (secondary N) is 1. The maximum absolute atomic E-state index is 6.51. The smallest absolute Gasteiger partial charge is 0.171 e. The molecule has 0 aliphatic carbocycles. The molecule has 0 atom stereocenters. The molecule has 0 saturated heterocycles. The van der Waals surface area contributed by atoms with Crippen molar-refractivity contribution in [3.8, 4) is 22.5 Å². The summed E-state index contributed by atoms with van der Waals surface area (Å²) in [6.07, 6.45) is 1.72. The van der Waals surface area contributed by atoms with E-state index >= 15 is 0 Å². The van der Waals surface area contributed by atoms with Gasteiger partial charge in [0.1, 0.15) is 6.73 Å². The molecule has 3 N–H and O–H groups in total. The highest BCUT2D eigenvalue weighted by atomic mass is 35.5. The Hall–Kier alpha value is -3.22. The van der Waals surface area contributed by atoms with Gasteiger partial charge in [-0.3, -0.25) is 4.98 Å². The van der Waals surface area contributed by atoms with E-state index in [-0.39, 0.29) is 0 Å². The second-order valence-electron chi connectivity index (χ2n) is 6.37. The number of anilines is 2. The minimum atomic E-state index is 0.294. The van der Waals surface area contributed by atoms with Gasteiger partial charge in [0.2, 0.25) is 0 Å². The topological polar surface area (TPSA) is 86.0 Å². The van der Waals surface area contributed by atoms with Crippen LogP contribution in [-0.4, -0.2) is 28.3 Å². The Bertz CT molecular complexity index is 1150. The van der Waals surface area contributed by atoms with E-state index in [4.69, 9.17) is 27.1 Å². The van der Waals surface area contributed by atoms with Crippen LogP contribution in [0.1, 0.15) is 6.92 Å². The molecule has 4 aromatic rings. The van der Waals surface area contributed by atoms with Crippen molar-refractivity contribution in [2.24, 2.45) is 0 Å². The van der Waals surface area contributed by atoms with Gasteiger partial charge in [0.15, 0.2) is 11.6 Å². The van der Waals surface area contributed by atoms with Gasteiger partial charge in [-0.2, -0.15) is 0 Å². The van der Waals surface area contributed by atoms with Crippen LogP contribution in [0, 0.1) is 0 Å². The second-order valence-corrected chi connectivity index (χ2v) is 6.77. The van der Waals surface area contributed by atoms with Crippen LogP contribution in [0.25, 0.3) is 33.4 Å². The third kappa shape index (κ3) is 3.99. The highest BCUT2D eigenvalue weighted by Gasteiger charge is 2.17. The summed E-state index contributed by atoms with van der Waals surface area (Å²) in [6, 6.07) is 17.5. The van der Waals surface area contributed by atoms with Crippen molar-refractivity contribution in [2.45, 2.75) is 6.92 Å². The number of fused-ring (bicyclic) bond motifs is 1. The average molecular weight is 406 g/mol. The largest absolute Gasteiger partial charge is 0.381 e. The maximum Gasteiger partial charge on any atom is 0.171 e. The summed E-state index contributed by atoms with van der Waals surface area (Å²) in [5.41, 5.74) is 10.0. The van der Waals surface area contributed by atoms with Crippen molar-refractivity contribution in [3.63, 3.8) is 0 Å². The van der Waals surface area contributed by atoms with E-state index in [9.17, 15) is 0 Å². The normalized spacial score (nSPS) is 11.0. The minimum Gasteiger partial charge on any atom is -0.381 e. The van der Waals surface area contributed by atoms with Crippen LogP contribution in [0.5, 0.6) is 0 Å². The fourth-order valence-corrected chi connectivity index (χ4v) is 3.36. The van der Waals surface area contributed by atoms with Crippen molar-refractivity contribution >= 4 is 34.1 Å². The number of hydrogen-bond donors (Lipinski definition) is 2. The zero-order valence-corrected chi connectivity index (χ0v) is 16.6. The van der Waals surface area contributed by atoms with Gasteiger partial charge in [-0.25, -0.2) is 9.97 Å². The summed E-state index contributed by atoms with van der Waals surface area (Å²) in [6.45, 7) is 2.80. The Balaban J connectivity index is 1.91. The molecular formula is C22H20ClN5O. The number of pyridine rings is 1. The first kappa shape index (κ1) is 19.1. The van der Waals surface area contributed by atoms with E-state index in [1.165, 1.54) is 0 Å². The van der Waals surface area contributed by atoms with Crippen LogP contribution in [0.2, 0.25) is 5.02 Å². The lowest BCUT2D eigenvalue weighted by atomic mass is 10.0. The van der Waals surface area contributed by atoms with E-state index in [0.29, 0.717) is 41.4 Å². The monoisotopic (exact) mass is 405 g/mol. The van der Waals surface area contributed by atoms with Gasteiger partial charge >= 0.3 is 0 Å². The van der Waals surface area contributed by atoms with Crippen molar-refractivity contribution in [3.05, 3.63) is 65.8 Å². The number of benzene rings is 2. The lowest BCUT2D eigenvalue weighted by Crippen LogP contribution is -2.11.